The molecule has 1 fully saturated rings. The molecule has 6 nitrogen and oxygen atoms in total. The number of nitrogens with one attached hydrogen (secondary N) is 1. The first kappa shape index (κ1) is 21.0. The number of aliphatic carboxylic acids is 1. The summed E-state index contributed by atoms with van der Waals surface area (Å²) in [4.78, 5) is 24.3. The van der Waals surface area contributed by atoms with Gasteiger partial charge in [0.25, 0.3) is 5.91 Å². The third kappa shape index (κ3) is 6.41. The standard InChI is InChI=1S/C23H27NO5/c25-22(24-15-19(23(26)27)14-17-6-2-1-3-7-17)21-9-5-4-8-18(21)16-29-20-10-12-28-13-11-20/h1-9,19-20H,10-16H2,(H,24,25)(H,26,27). The quantitative estimate of drug-likeness (QED) is 0.679. The van der Waals surface area contributed by atoms with Gasteiger partial charge < -0.3 is 19.9 Å². The van der Waals surface area contributed by atoms with Crippen molar-refractivity contribution in [3.8, 4) is 0 Å². The van der Waals surface area contributed by atoms with Crippen LogP contribution in [0, 0.1) is 5.92 Å². The van der Waals surface area contributed by atoms with Crippen LogP contribution in [0.4, 0.5) is 0 Å². The molecule has 1 saturated heterocycles. The van der Waals surface area contributed by atoms with Crippen molar-refractivity contribution in [2.75, 3.05) is 19.8 Å². The van der Waals surface area contributed by atoms with Gasteiger partial charge >= 0.3 is 5.97 Å². The number of benzene rings is 2. The average Bonchev–Trinajstić information content (AvgIpc) is 2.76. The molecule has 0 saturated carbocycles. The van der Waals surface area contributed by atoms with E-state index in [4.69, 9.17) is 9.47 Å². The van der Waals surface area contributed by atoms with E-state index in [-0.39, 0.29) is 18.6 Å². The summed E-state index contributed by atoms with van der Waals surface area (Å²) >= 11 is 0. The molecule has 6 heteroatoms. The second-order valence-corrected chi connectivity index (χ2v) is 7.21. The zero-order valence-electron chi connectivity index (χ0n) is 16.4. The molecule has 0 aromatic heterocycles. The smallest absolute Gasteiger partial charge is 0.308 e. The van der Waals surface area contributed by atoms with Gasteiger partial charge in [-0.3, -0.25) is 9.59 Å². The molecule has 0 bridgehead atoms. The molecule has 154 valence electrons. The molecular formula is C23H27NO5. The Morgan fingerprint density at radius 2 is 1.76 bits per heavy atom. The van der Waals surface area contributed by atoms with Crippen molar-refractivity contribution in [3.63, 3.8) is 0 Å². The molecule has 1 atom stereocenters. The molecule has 0 aliphatic carbocycles. The molecule has 0 spiro atoms. The lowest BCUT2D eigenvalue weighted by Gasteiger charge is -2.23. The summed E-state index contributed by atoms with van der Waals surface area (Å²) in [6.45, 7) is 1.81. The molecule has 0 radical (unpaired) electrons. The molecule has 3 rings (SSSR count). The van der Waals surface area contributed by atoms with E-state index in [0.29, 0.717) is 31.8 Å². The molecule has 1 amide bonds. The van der Waals surface area contributed by atoms with E-state index in [1.165, 1.54) is 0 Å². The monoisotopic (exact) mass is 397 g/mol. The van der Waals surface area contributed by atoms with Crippen LogP contribution in [0.2, 0.25) is 0 Å². The second-order valence-electron chi connectivity index (χ2n) is 7.21. The van der Waals surface area contributed by atoms with Gasteiger partial charge in [-0.15, -0.1) is 0 Å². The fourth-order valence-corrected chi connectivity index (χ4v) is 3.37. The summed E-state index contributed by atoms with van der Waals surface area (Å²) in [5.41, 5.74) is 2.24. The molecule has 2 aromatic rings. The first-order chi connectivity index (χ1) is 14.1. The van der Waals surface area contributed by atoms with Gasteiger partial charge in [0.1, 0.15) is 0 Å². The van der Waals surface area contributed by atoms with Gasteiger partial charge in [-0.2, -0.15) is 0 Å². The Morgan fingerprint density at radius 3 is 2.48 bits per heavy atom. The molecule has 1 unspecified atom stereocenters. The van der Waals surface area contributed by atoms with E-state index in [1.807, 2.05) is 42.5 Å². The van der Waals surface area contributed by atoms with Crippen molar-refractivity contribution >= 4 is 11.9 Å². The predicted octanol–water partition coefficient (Wildman–Crippen LogP) is 3.06. The van der Waals surface area contributed by atoms with Crippen molar-refractivity contribution in [1.82, 2.24) is 5.32 Å². The summed E-state index contributed by atoms with van der Waals surface area (Å²) in [6.07, 6.45) is 2.22. The number of carbonyl (C=O) groups is 2. The van der Waals surface area contributed by atoms with Gasteiger partial charge in [0, 0.05) is 25.3 Å². The largest absolute Gasteiger partial charge is 0.481 e. The number of amides is 1. The van der Waals surface area contributed by atoms with Crippen LogP contribution in [0.25, 0.3) is 0 Å². The Hall–Kier alpha value is -2.70. The van der Waals surface area contributed by atoms with Crippen molar-refractivity contribution in [1.29, 1.82) is 0 Å². The fourth-order valence-electron chi connectivity index (χ4n) is 3.37. The number of hydrogen-bond donors (Lipinski definition) is 2. The van der Waals surface area contributed by atoms with Gasteiger partial charge in [0.15, 0.2) is 0 Å². The summed E-state index contributed by atoms with van der Waals surface area (Å²) in [5.74, 6) is -1.90. The SMILES string of the molecule is O=C(NCC(Cc1ccccc1)C(=O)O)c1ccccc1COC1CCOCC1. The number of carbonyl (C=O) groups excluding carboxylic acids is 1. The van der Waals surface area contributed by atoms with E-state index in [0.717, 1.165) is 24.0 Å². The molecule has 2 N–H and O–H groups in total. The molecule has 29 heavy (non-hydrogen) atoms. The first-order valence-corrected chi connectivity index (χ1v) is 9.95. The number of carboxylic acids is 1. The molecular weight excluding hydrogens is 370 g/mol. The van der Waals surface area contributed by atoms with E-state index in [1.54, 1.807) is 12.1 Å². The molecule has 1 heterocycles. The highest BCUT2D eigenvalue weighted by Gasteiger charge is 2.21. The van der Waals surface area contributed by atoms with Gasteiger partial charge in [-0.05, 0) is 36.5 Å². The Morgan fingerprint density at radius 1 is 1.07 bits per heavy atom. The van der Waals surface area contributed by atoms with Crippen LogP contribution >= 0.6 is 0 Å². The van der Waals surface area contributed by atoms with Gasteiger partial charge in [0.05, 0.1) is 18.6 Å². The lowest BCUT2D eigenvalue weighted by atomic mass is 9.99. The van der Waals surface area contributed by atoms with E-state index in [9.17, 15) is 14.7 Å². The van der Waals surface area contributed by atoms with Crippen LogP contribution < -0.4 is 5.32 Å². The van der Waals surface area contributed by atoms with Gasteiger partial charge in [-0.1, -0.05) is 48.5 Å². The highest BCUT2D eigenvalue weighted by atomic mass is 16.5. The minimum absolute atomic E-state index is 0.0677. The molecule has 1 aliphatic rings. The van der Waals surface area contributed by atoms with E-state index >= 15 is 0 Å². The van der Waals surface area contributed by atoms with Gasteiger partial charge in [-0.25, -0.2) is 0 Å². The maximum Gasteiger partial charge on any atom is 0.308 e. The maximum atomic E-state index is 12.7. The number of hydrogen-bond acceptors (Lipinski definition) is 4. The average molecular weight is 397 g/mol. The van der Waals surface area contributed by atoms with Crippen molar-refractivity contribution in [2.45, 2.75) is 32.0 Å². The third-order valence-corrected chi connectivity index (χ3v) is 5.09. The lowest BCUT2D eigenvalue weighted by molar-refractivity contribution is -0.141. The lowest BCUT2D eigenvalue weighted by Crippen LogP contribution is -2.34. The van der Waals surface area contributed by atoms with Gasteiger partial charge in [0.2, 0.25) is 0 Å². The molecule has 2 aromatic carbocycles. The van der Waals surface area contributed by atoms with Crippen LogP contribution in [-0.2, 0) is 27.3 Å². The summed E-state index contributed by atoms with van der Waals surface area (Å²) in [5, 5.41) is 12.3. The first-order valence-electron chi connectivity index (χ1n) is 9.95. The third-order valence-electron chi connectivity index (χ3n) is 5.09. The van der Waals surface area contributed by atoms with Crippen LogP contribution in [0.5, 0.6) is 0 Å². The summed E-state index contributed by atoms with van der Waals surface area (Å²) < 4.78 is 11.3. The van der Waals surface area contributed by atoms with Crippen LogP contribution in [0.15, 0.2) is 54.6 Å². The molecule has 1 aliphatic heterocycles. The Bertz CT molecular complexity index is 802. The number of rotatable bonds is 9. The predicted molar refractivity (Wildman–Crippen MR) is 109 cm³/mol. The zero-order valence-corrected chi connectivity index (χ0v) is 16.4. The van der Waals surface area contributed by atoms with Crippen LogP contribution in [0.3, 0.4) is 0 Å². The zero-order chi connectivity index (χ0) is 20.5. The maximum absolute atomic E-state index is 12.7. The number of ether oxygens (including phenoxy) is 2. The van der Waals surface area contributed by atoms with Crippen molar-refractivity contribution < 1.29 is 24.2 Å². The Balaban J connectivity index is 1.58. The second kappa shape index (κ2) is 10.7. The fraction of sp³-hybridized carbons (Fsp3) is 0.391. The van der Waals surface area contributed by atoms with Crippen molar-refractivity contribution in [2.24, 2.45) is 5.92 Å². The van der Waals surface area contributed by atoms with E-state index in [2.05, 4.69) is 5.32 Å². The Kier molecular flexibility index (Phi) is 7.78. The minimum atomic E-state index is -0.926. The van der Waals surface area contributed by atoms with E-state index < -0.39 is 11.9 Å². The normalized spacial score (nSPS) is 15.6. The minimum Gasteiger partial charge on any atom is -0.481 e. The summed E-state index contributed by atoms with van der Waals surface area (Å²) in [7, 11) is 0. The highest BCUT2D eigenvalue weighted by Crippen LogP contribution is 2.16. The topological polar surface area (TPSA) is 84.9 Å². The van der Waals surface area contributed by atoms with Crippen LogP contribution in [-0.4, -0.2) is 42.8 Å². The summed E-state index contributed by atoms with van der Waals surface area (Å²) in [6, 6.07) is 16.7. The number of carboxylic acid groups (broad SMARTS) is 1. The highest BCUT2D eigenvalue weighted by molar-refractivity contribution is 5.95. The van der Waals surface area contributed by atoms with Crippen LogP contribution in [0.1, 0.15) is 34.3 Å². The Labute approximate surface area is 170 Å². The van der Waals surface area contributed by atoms with Crippen molar-refractivity contribution in [3.05, 3.63) is 71.3 Å².